The van der Waals surface area contributed by atoms with Crippen LogP contribution >= 0.6 is 11.6 Å². The van der Waals surface area contributed by atoms with Gasteiger partial charge in [-0.05, 0) is 13.3 Å². The van der Waals surface area contributed by atoms with Crippen molar-refractivity contribution in [2.45, 2.75) is 26.7 Å². The van der Waals surface area contributed by atoms with E-state index >= 15 is 0 Å². The molecule has 90 valence electrons. The molecule has 0 aliphatic heterocycles. The van der Waals surface area contributed by atoms with E-state index in [0.29, 0.717) is 23.7 Å². The summed E-state index contributed by atoms with van der Waals surface area (Å²) in [6, 6.07) is 0. The van der Waals surface area contributed by atoms with E-state index in [4.69, 9.17) is 16.1 Å². The molecule has 16 heavy (non-hydrogen) atoms. The van der Waals surface area contributed by atoms with Crippen LogP contribution in [-0.2, 0) is 0 Å². The van der Waals surface area contributed by atoms with Crippen molar-refractivity contribution in [3.05, 3.63) is 17.5 Å². The minimum Gasteiger partial charge on any atom is -0.361 e. The van der Waals surface area contributed by atoms with Crippen molar-refractivity contribution in [3.8, 4) is 0 Å². The SMILES string of the molecule is CCCCN(CCCl)C(=O)c1cnoc1C. The Labute approximate surface area is 101 Å². The topological polar surface area (TPSA) is 46.3 Å². The number of unbranched alkanes of at least 4 members (excludes halogenated alkanes) is 1. The van der Waals surface area contributed by atoms with Gasteiger partial charge in [-0.2, -0.15) is 0 Å². The highest BCUT2D eigenvalue weighted by Crippen LogP contribution is 2.10. The summed E-state index contributed by atoms with van der Waals surface area (Å²) in [7, 11) is 0. The fourth-order valence-electron chi connectivity index (χ4n) is 1.44. The molecule has 4 nitrogen and oxygen atoms in total. The Bertz CT molecular complexity index is 338. The van der Waals surface area contributed by atoms with E-state index < -0.39 is 0 Å². The van der Waals surface area contributed by atoms with Gasteiger partial charge in [0.2, 0.25) is 0 Å². The number of alkyl halides is 1. The summed E-state index contributed by atoms with van der Waals surface area (Å²) in [5.74, 6) is 0.952. The van der Waals surface area contributed by atoms with Gasteiger partial charge in [0.15, 0.2) is 0 Å². The first-order valence-corrected chi connectivity index (χ1v) is 6.00. The molecule has 0 aromatic carbocycles. The Kier molecular flexibility index (Phi) is 5.32. The Morgan fingerprint density at radius 2 is 2.31 bits per heavy atom. The predicted octanol–water partition coefficient (Wildman–Crippen LogP) is 2.46. The van der Waals surface area contributed by atoms with Crippen LogP contribution in [0.2, 0.25) is 0 Å². The first-order chi connectivity index (χ1) is 7.70. The molecule has 1 heterocycles. The van der Waals surface area contributed by atoms with Crippen LogP contribution in [0.4, 0.5) is 0 Å². The molecule has 0 atom stereocenters. The molecule has 0 N–H and O–H groups in total. The Hall–Kier alpha value is -1.03. The van der Waals surface area contributed by atoms with E-state index in [9.17, 15) is 4.79 Å². The van der Waals surface area contributed by atoms with E-state index in [1.807, 2.05) is 0 Å². The van der Waals surface area contributed by atoms with Gasteiger partial charge >= 0.3 is 0 Å². The molecular weight excluding hydrogens is 228 g/mol. The third-order valence-electron chi connectivity index (χ3n) is 2.40. The van der Waals surface area contributed by atoms with Gasteiger partial charge in [-0.3, -0.25) is 4.79 Å². The van der Waals surface area contributed by atoms with Crippen LogP contribution in [0.25, 0.3) is 0 Å². The molecule has 0 saturated heterocycles. The van der Waals surface area contributed by atoms with E-state index in [1.54, 1.807) is 11.8 Å². The van der Waals surface area contributed by atoms with Crippen molar-refractivity contribution < 1.29 is 9.32 Å². The lowest BCUT2D eigenvalue weighted by Gasteiger charge is -2.20. The third kappa shape index (κ3) is 3.23. The van der Waals surface area contributed by atoms with Crippen molar-refractivity contribution in [2.24, 2.45) is 0 Å². The lowest BCUT2D eigenvalue weighted by molar-refractivity contribution is 0.0761. The largest absolute Gasteiger partial charge is 0.361 e. The molecule has 0 saturated carbocycles. The Morgan fingerprint density at radius 1 is 1.56 bits per heavy atom. The summed E-state index contributed by atoms with van der Waals surface area (Å²) < 4.78 is 4.89. The molecule has 5 heteroatoms. The first-order valence-electron chi connectivity index (χ1n) is 5.47. The molecule has 1 amide bonds. The van der Waals surface area contributed by atoms with Crippen LogP contribution < -0.4 is 0 Å². The fourth-order valence-corrected chi connectivity index (χ4v) is 1.64. The minimum absolute atomic E-state index is 0.0483. The maximum atomic E-state index is 12.1. The van der Waals surface area contributed by atoms with Crippen LogP contribution in [-0.4, -0.2) is 34.9 Å². The zero-order valence-electron chi connectivity index (χ0n) is 9.70. The van der Waals surface area contributed by atoms with Crippen molar-refractivity contribution >= 4 is 17.5 Å². The molecule has 0 unspecified atom stereocenters. The molecule has 1 aromatic rings. The summed E-state index contributed by atoms with van der Waals surface area (Å²) in [6.07, 6.45) is 3.49. The van der Waals surface area contributed by atoms with Crippen LogP contribution in [0.3, 0.4) is 0 Å². The Morgan fingerprint density at radius 3 is 2.81 bits per heavy atom. The highest BCUT2D eigenvalue weighted by Gasteiger charge is 2.19. The van der Waals surface area contributed by atoms with Gasteiger partial charge in [-0.25, -0.2) is 0 Å². The number of rotatable bonds is 6. The van der Waals surface area contributed by atoms with Crippen molar-refractivity contribution in [2.75, 3.05) is 19.0 Å². The minimum atomic E-state index is -0.0483. The quantitative estimate of drug-likeness (QED) is 0.723. The molecule has 1 aromatic heterocycles. The molecule has 0 aliphatic rings. The third-order valence-corrected chi connectivity index (χ3v) is 2.57. The molecule has 0 bridgehead atoms. The van der Waals surface area contributed by atoms with Gasteiger partial charge in [0.25, 0.3) is 5.91 Å². The average Bonchev–Trinajstić information content (AvgIpc) is 2.69. The average molecular weight is 245 g/mol. The lowest BCUT2D eigenvalue weighted by Crippen LogP contribution is -2.33. The van der Waals surface area contributed by atoms with Crippen LogP contribution in [0.15, 0.2) is 10.7 Å². The Balaban J connectivity index is 2.70. The number of halogens is 1. The summed E-state index contributed by atoms with van der Waals surface area (Å²) in [6.45, 7) is 5.12. The lowest BCUT2D eigenvalue weighted by atomic mass is 10.2. The van der Waals surface area contributed by atoms with Gasteiger partial charge in [-0.15, -0.1) is 11.6 Å². The fraction of sp³-hybridized carbons (Fsp3) is 0.636. The van der Waals surface area contributed by atoms with Gasteiger partial charge in [0, 0.05) is 19.0 Å². The van der Waals surface area contributed by atoms with Gasteiger partial charge < -0.3 is 9.42 Å². The maximum Gasteiger partial charge on any atom is 0.259 e. The van der Waals surface area contributed by atoms with Gasteiger partial charge in [0.1, 0.15) is 11.3 Å². The molecule has 0 spiro atoms. The van der Waals surface area contributed by atoms with Gasteiger partial charge in [0.05, 0.1) is 6.20 Å². The highest BCUT2D eigenvalue weighted by atomic mass is 35.5. The predicted molar refractivity (Wildman–Crippen MR) is 62.8 cm³/mol. The van der Waals surface area contributed by atoms with E-state index in [1.165, 1.54) is 6.20 Å². The number of hydrogen-bond donors (Lipinski definition) is 0. The summed E-state index contributed by atoms with van der Waals surface area (Å²) in [5, 5.41) is 3.61. The second-order valence-corrected chi connectivity index (χ2v) is 4.01. The van der Waals surface area contributed by atoms with E-state index in [0.717, 1.165) is 19.4 Å². The number of aryl methyl sites for hydroxylation is 1. The van der Waals surface area contributed by atoms with E-state index in [2.05, 4.69) is 12.1 Å². The second kappa shape index (κ2) is 6.53. The first kappa shape index (κ1) is 13.0. The van der Waals surface area contributed by atoms with Crippen LogP contribution in [0.5, 0.6) is 0 Å². The smallest absolute Gasteiger partial charge is 0.259 e. The normalized spacial score (nSPS) is 10.4. The second-order valence-electron chi connectivity index (χ2n) is 3.63. The van der Waals surface area contributed by atoms with E-state index in [-0.39, 0.29) is 5.91 Å². The number of carbonyl (C=O) groups is 1. The van der Waals surface area contributed by atoms with Crippen molar-refractivity contribution in [1.82, 2.24) is 10.1 Å². The molecule has 1 rings (SSSR count). The molecule has 0 radical (unpaired) electrons. The number of hydrogen-bond acceptors (Lipinski definition) is 3. The van der Waals surface area contributed by atoms with Crippen molar-refractivity contribution in [3.63, 3.8) is 0 Å². The van der Waals surface area contributed by atoms with Crippen LogP contribution in [0.1, 0.15) is 35.9 Å². The molecule has 0 aliphatic carbocycles. The number of aromatic nitrogens is 1. The zero-order valence-corrected chi connectivity index (χ0v) is 10.5. The molecule has 0 fully saturated rings. The highest BCUT2D eigenvalue weighted by molar-refractivity contribution is 6.18. The summed E-state index contributed by atoms with van der Waals surface area (Å²) >= 11 is 5.69. The zero-order chi connectivity index (χ0) is 12.0. The standard InChI is InChI=1S/C11H17ClN2O2/c1-3-4-6-14(7-5-12)11(15)10-8-13-16-9(10)2/h8H,3-7H2,1-2H3. The monoisotopic (exact) mass is 244 g/mol. The summed E-state index contributed by atoms with van der Waals surface area (Å²) in [4.78, 5) is 13.8. The van der Waals surface area contributed by atoms with Crippen molar-refractivity contribution in [1.29, 1.82) is 0 Å². The summed E-state index contributed by atoms with van der Waals surface area (Å²) in [5.41, 5.74) is 0.529. The van der Waals surface area contributed by atoms with Gasteiger partial charge in [-0.1, -0.05) is 18.5 Å². The molecular formula is C11H17ClN2O2. The van der Waals surface area contributed by atoms with Crippen LogP contribution in [0, 0.1) is 6.92 Å². The number of nitrogens with zero attached hydrogens (tertiary/aromatic N) is 2. The maximum absolute atomic E-state index is 12.1. The number of carbonyl (C=O) groups excluding carboxylic acids is 1. The number of amides is 1.